The van der Waals surface area contributed by atoms with Crippen LogP contribution >= 0.6 is 11.8 Å². The summed E-state index contributed by atoms with van der Waals surface area (Å²) >= 11 is 1.99. The monoisotopic (exact) mass is 242 g/mol. The number of amides is 3. The summed E-state index contributed by atoms with van der Waals surface area (Å²) in [5, 5.41) is 2.41. The third-order valence-electron chi connectivity index (χ3n) is 3.28. The number of thioether (sulfide) groups is 1. The lowest BCUT2D eigenvalue weighted by molar-refractivity contribution is -0.125. The van der Waals surface area contributed by atoms with Crippen molar-refractivity contribution in [2.75, 3.05) is 24.6 Å². The summed E-state index contributed by atoms with van der Waals surface area (Å²) in [5.74, 6) is 2.81. The summed E-state index contributed by atoms with van der Waals surface area (Å²) in [5.41, 5.74) is 0. The average Bonchev–Trinajstić information content (AvgIpc) is 2.27. The van der Waals surface area contributed by atoms with Crippen LogP contribution in [0.1, 0.15) is 19.8 Å². The number of urea groups is 1. The van der Waals surface area contributed by atoms with Crippen LogP contribution in [0.5, 0.6) is 0 Å². The van der Waals surface area contributed by atoms with E-state index in [1.807, 2.05) is 18.7 Å². The van der Waals surface area contributed by atoms with E-state index in [4.69, 9.17) is 0 Å². The fourth-order valence-corrected chi connectivity index (χ4v) is 3.41. The number of hydrogen-bond donors (Lipinski definition) is 1. The Hall–Kier alpha value is -0.710. The van der Waals surface area contributed by atoms with Crippen LogP contribution in [-0.2, 0) is 4.79 Å². The number of carbonyl (C=O) groups is 2. The fourth-order valence-electron chi connectivity index (χ4n) is 2.20. The van der Waals surface area contributed by atoms with E-state index in [-0.39, 0.29) is 17.9 Å². The van der Waals surface area contributed by atoms with Crippen molar-refractivity contribution in [3.05, 3.63) is 0 Å². The molecule has 3 amide bonds. The standard InChI is InChI=1S/C11H18N2O2S/c1-8-6-13(11(15)12-10(8)14)7-9-2-4-16-5-3-9/h8-9H,2-7H2,1H3,(H,12,14,15). The van der Waals surface area contributed by atoms with Crippen LogP contribution in [0.3, 0.4) is 0 Å². The van der Waals surface area contributed by atoms with Gasteiger partial charge in [0.05, 0.1) is 5.92 Å². The summed E-state index contributed by atoms with van der Waals surface area (Å²) in [6.45, 7) is 3.25. The number of imide groups is 1. The van der Waals surface area contributed by atoms with Crippen LogP contribution in [0.2, 0.25) is 0 Å². The Morgan fingerprint density at radius 3 is 2.75 bits per heavy atom. The topological polar surface area (TPSA) is 49.4 Å². The second-order valence-electron chi connectivity index (χ2n) is 4.66. The minimum Gasteiger partial charge on any atom is -0.323 e. The van der Waals surface area contributed by atoms with Gasteiger partial charge in [0.1, 0.15) is 0 Å². The molecule has 1 N–H and O–H groups in total. The van der Waals surface area contributed by atoms with Gasteiger partial charge in [0.2, 0.25) is 5.91 Å². The van der Waals surface area contributed by atoms with Crippen molar-refractivity contribution < 1.29 is 9.59 Å². The lowest BCUT2D eigenvalue weighted by Crippen LogP contribution is -2.54. The molecule has 2 fully saturated rings. The van der Waals surface area contributed by atoms with Crippen molar-refractivity contribution in [2.45, 2.75) is 19.8 Å². The maximum Gasteiger partial charge on any atom is 0.324 e. The molecule has 2 rings (SSSR count). The Balaban J connectivity index is 1.88. The van der Waals surface area contributed by atoms with E-state index in [0.29, 0.717) is 12.5 Å². The molecule has 0 aromatic rings. The molecule has 90 valence electrons. The molecule has 0 radical (unpaired) electrons. The zero-order valence-corrected chi connectivity index (χ0v) is 10.4. The Morgan fingerprint density at radius 2 is 2.06 bits per heavy atom. The van der Waals surface area contributed by atoms with Crippen molar-refractivity contribution in [1.29, 1.82) is 0 Å². The van der Waals surface area contributed by atoms with Crippen LogP contribution in [0.4, 0.5) is 4.79 Å². The Morgan fingerprint density at radius 1 is 1.38 bits per heavy atom. The van der Waals surface area contributed by atoms with Gasteiger partial charge in [0.15, 0.2) is 0 Å². The summed E-state index contributed by atoms with van der Waals surface area (Å²) in [6, 6.07) is -0.207. The van der Waals surface area contributed by atoms with E-state index in [2.05, 4.69) is 5.32 Å². The Labute approximate surface area is 100 Å². The highest BCUT2D eigenvalue weighted by Gasteiger charge is 2.30. The molecule has 0 aromatic heterocycles. The average molecular weight is 242 g/mol. The first kappa shape index (κ1) is 11.8. The molecular weight excluding hydrogens is 224 g/mol. The Bertz CT molecular complexity index is 290. The lowest BCUT2D eigenvalue weighted by Gasteiger charge is -2.34. The van der Waals surface area contributed by atoms with E-state index >= 15 is 0 Å². The van der Waals surface area contributed by atoms with E-state index in [9.17, 15) is 9.59 Å². The Kier molecular flexibility index (Phi) is 3.74. The third-order valence-corrected chi connectivity index (χ3v) is 4.33. The van der Waals surface area contributed by atoms with Gasteiger partial charge in [-0.25, -0.2) is 4.79 Å². The molecule has 0 bridgehead atoms. The SMILES string of the molecule is CC1CN(CC2CCSCC2)C(=O)NC1=O. The van der Waals surface area contributed by atoms with Crippen molar-refractivity contribution in [2.24, 2.45) is 11.8 Å². The van der Waals surface area contributed by atoms with Gasteiger partial charge in [0.25, 0.3) is 0 Å². The molecule has 5 heteroatoms. The van der Waals surface area contributed by atoms with Gasteiger partial charge in [-0.3, -0.25) is 10.1 Å². The summed E-state index contributed by atoms with van der Waals surface area (Å²) < 4.78 is 0. The molecule has 16 heavy (non-hydrogen) atoms. The molecule has 0 spiro atoms. The molecule has 2 saturated heterocycles. The van der Waals surface area contributed by atoms with E-state index in [1.54, 1.807) is 4.90 Å². The van der Waals surface area contributed by atoms with Gasteiger partial charge in [-0.05, 0) is 30.3 Å². The van der Waals surface area contributed by atoms with Gasteiger partial charge >= 0.3 is 6.03 Å². The van der Waals surface area contributed by atoms with Crippen molar-refractivity contribution in [3.8, 4) is 0 Å². The quantitative estimate of drug-likeness (QED) is 0.794. The van der Waals surface area contributed by atoms with Crippen LogP contribution in [-0.4, -0.2) is 41.4 Å². The second kappa shape index (κ2) is 5.08. The predicted molar refractivity (Wildman–Crippen MR) is 64.3 cm³/mol. The molecule has 2 aliphatic rings. The van der Waals surface area contributed by atoms with Crippen molar-refractivity contribution in [3.63, 3.8) is 0 Å². The van der Waals surface area contributed by atoms with Crippen molar-refractivity contribution >= 4 is 23.7 Å². The summed E-state index contributed by atoms with van der Waals surface area (Å²) in [7, 11) is 0. The molecule has 1 unspecified atom stereocenters. The second-order valence-corrected chi connectivity index (χ2v) is 5.88. The summed E-state index contributed by atoms with van der Waals surface area (Å²) in [6.07, 6.45) is 2.38. The number of rotatable bonds is 2. The van der Waals surface area contributed by atoms with Gasteiger partial charge in [0, 0.05) is 13.1 Å². The molecule has 0 aliphatic carbocycles. The lowest BCUT2D eigenvalue weighted by atomic mass is 10.0. The summed E-state index contributed by atoms with van der Waals surface area (Å²) in [4.78, 5) is 24.7. The zero-order valence-electron chi connectivity index (χ0n) is 9.57. The number of nitrogens with zero attached hydrogens (tertiary/aromatic N) is 1. The highest BCUT2D eigenvalue weighted by Crippen LogP contribution is 2.24. The van der Waals surface area contributed by atoms with E-state index in [0.717, 1.165) is 6.54 Å². The minimum atomic E-state index is -0.207. The molecular formula is C11H18N2O2S. The van der Waals surface area contributed by atoms with E-state index in [1.165, 1.54) is 24.3 Å². The van der Waals surface area contributed by atoms with Gasteiger partial charge in [-0.2, -0.15) is 11.8 Å². The van der Waals surface area contributed by atoms with E-state index < -0.39 is 0 Å². The van der Waals surface area contributed by atoms with Gasteiger partial charge in [-0.15, -0.1) is 0 Å². The molecule has 0 aromatic carbocycles. The van der Waals surface area contributed by atoms with Crippen LogP contribution < -0.4 is 5.32 Å². The highest BCUT2D eigenvalue weighted by atomic mass is 32.2. The van der Waals surface area contributed by atoms with Crippen LogP contribution in [0.25, 0.3) is 0 Å². The molecule has 2 heterocycles. The molecule has 4 nitrogen and oxygen atoms in total. The van der Waals surface area contributed by atoms with Gasteiger partial charge < -0.3 is 4.90 Å². The maximum absolute atomic E-state index is 11.6. The van der Waals surface area contributed by atoms with Crippen LogP contribution in [0, 0.1) is 11.8 Å². The maximum atomic E-state index is 11.6. The molecule has 2 aliphatic heterocycles. The fraction of sp³-hybridized carbons (Fsp3) is 0.818. The first-order valence-corrected chi connectivity index (χ1v) is 7.00. The number of hydrogen-bond acceptors (Lipinski definition) is 3. The van der Waals surface area contributed by atoms with Crippen LogP contribution in [0.15, 0.2) is 0 Å². The zero-order chi connectivity index (χ0) is 11.5. The first-order chi connectivity index (χ1) is 7.66. The highest BCUT2D eigenvalue weighted by molar-refractivity contribution is 7.99. The normalized spacial score (nSPS) is 28.1. The molecule has 0 saturated carbocycles. The number of nitrogens with one attached hydrogen (secondary N) is 1. The van der Waals surface area contributed by atoms with Crippen molar-refractivity contribution in [1.82, 2.24) is 10.2 Å². The molecule has 1 atom stereocenters. The predicted octanol–water partition coefficient (Wildman–Crippen LogP) is 1.32. The smallest absolute Gasteiger partial charge is 0.323 e. The van der Waals surface area contributed by atoms with Gasteiger partial charge in [-0.1, -0.05) is 6.92 Å². The number of carbonyl (C=O) groups excluding carboxylic acids is 2. The first-order valence-electron chi connectivity index (χ1n) is 5.84. The third kappa shape index (κ3) is 2.70. The minimum absolute atomic E-state index is 0.0735. The largest absolute Gasteiger partial charge is 0.324 e.